The summed E-state index contributed by atoms with van der Waals surface area (Å²) in [6.45, 7) is 0. The summed E-state index contributed by atoms with van der Waals surface area (Å²) >= 11 is 12.8. The molecule has 8 nitrogen and oxygen atoms in total. The number of anilines is 2. The minimum absolute atomic E-state index is 0.108. The monoisotopic (exact) mass is 596 g/mol. The van der Waals surface area contributed by atoms with Gasteiger partial charge in [0.15, 0.2) is 0 Å². The number of rotatable bonds is 8. The molecule has 4 aromatic carbocycles. The van der Waals surface area contributed by atoms with Crippen LogP contribution in [0.25, 0.3) is 0 Å². The SMILES string of the molecule is O=S(=O)(Nc1cc(S(=O)(=O)c2ccccc2)c(NS(=O)(=O)c2ccccc2)c(Cl)c1Cl)c1ccccc1. The van der Waals surface area contributed by atoms with Crippen molar-refractivity contribution in [2.24, 2.45) is 0 Å². The highest BCUT2D eigenvalue weighted by atomic mass is 35.5. The molecule has 0 amide bonds. The maximum Gasteiger partial charge on any atom is 0.261 e. The van der Waals surface area contributed by atoms with E-state index in [2.05, 4.69) is 9.44 Å². The fourth-order valence-corrected chi connectivity index (χ4v) is 7.65. The van der Waals surface area contributed by atoms with Crippen LogP contribution in [0.5, 0.6) is 0 Å². The minimum Gasteiger partial charge on any atom is -0.278 e. The summed E-state index contributed by atoms with van der Waals surface area (Å²) in [4.78, 5) is -1.04. The van der Waals surface area contributed by atoms with Crippen LogP contribution in [0.15, 0.2) is 117 Å². The third-order valence-electron chi connectivity index (χ3n) is 5.10. The molecule has 0 aliphatic carbocycles. The van der Waals surface area contributed by atoms with Crippen molar-refractivity contribution in [2.75, 3.05) is 9.44 Å². The second-order valence-corrected chi connectivity index (χ2v) is 13.6. The van der Waals surface area contributed by atoms with Gasteiger partial charge in [0.05, 0.1) is 41.0 Å². The number of hydrogen-bond donors (Lipinski definition) is 2. The lowest BCUT2D eigenvalue weighted by Gasteiger charge is -2.19. The zero-order valence-corrected chi connectivity index (χ0v) is 22.6. The molecule has 0 spiro atoms. The summed E-state index contributed by atoms with van der Waals surface area (Å²) in [6.07, 6.45) is 0. The summed E-state index contributed by atoms with van der Waals surface area (Å²) in [5.74, 6) is 0. The van der Waals surface area contributed by atoms with Crippen molar-refractivity contribution in [3.8, 4) is 0 Å². The van der Waals surface area contributed by atoms with Crippen LogP contribution in [-0.2, 0) is 29.9 Å². The van der Waals surface area contributed by atoms with Gasteiger partial charge in [0.1, 0.15) is 0 Å². The third-order valence-corrected chi connectivity index (χ3v) is 10.5. The number of benzene rings is 4. The van der Waals surface area contributed by atoms with E-state index in [1.807, 2.05) is 0 Å². The fraction of sp³-hybridized carbons (Fsp3) is 0. The van der Waals surface area contributed by atoms with Gasteiger partial charge in [0, 0.05) is 0 Å². The van der Waals surface area contributed by atoms with Gasteiger partial charge in [0.2, 0.25) is 9.84 Å². The van der Waals surface area contributed by atoms with Crippen molar-refractivity contribution >= 4 is 64.5 Å². The van der Waals surface area contributed by atoms with Gasteiger partial charge in [-0.3, -0.25) is 9.44 Å². The first-order chi connectivity index (χ1) is 17.4. The van der Waals surface area contributed by atoms with Gasteiger partial charge in [-0.2, -0.15) is 0 Å². The number of nitrogens with one attached hydrogen (secondary N) is 2. The van der Waals surface area contributed by atoms with Crippen molar-refractivity contribution in [3.05, 3.63) is 107 Å². The molecule has 0 saturated heterocycles. The zero-order valence-electron chi connectivity index (χ0n) is 18.7. The van der Waals surface area contributed by atoms with Gasteiger partial charge < -0.3 is 0 Å². The van der Waals surface area contributed by atoms with E-state index in [0.29, 0.717) is 0 Å². The summed E-state index contributed by atoms with van der Waals surface area (Å²) in [7, 11) is -12.9. The van der Waals surface area contributed by atoms with E-state index in [0.717, 1.165) is 6.07 Å². The first-order valence-corrected chi connectivity index (χ1v) is 15.6. The van der Waals surface area contributed by atoms with Gasteiger partial charge in [-0.25, -0.2) is 25.3 Å². The van der Waals surface area contributed by atoms with Gasteiger partial charge in [-0.15, -0.1) is 0 Å². The van der Waals surface area contributed by atoms with Crippen molar-refractivity contribution in [1.82, 2.24) is 0 Å². The molecular weight excluding hydrogens is 579 g/mol. The molecule has 0 aliphatic rings. The second-order valence-electron chi connectivity index (χ2n) is 7.58. The molecule has 192 valence electrons. The topological polar surface area (TPSA) is 126 Å². The molecule has 0 bridgehead atoms. The molecule has 0 saturated carbocycles. The first kappa shape index (κ1) is 27.0. The molecule has 13 heteroatoms. The van der Waals surface area contributed by atoms with Crippen LogP contribution in [0.3, 0.4) is 0 Å². The smallest absolute Gasteiger partial charge is 0.261 e. The van der Waals surface area contributed by atoms with Crippen LogP contribution in [-0.4, -0.2) is 25.3 Å². The van der Waals surface area contributed by atoms with E-state index in [9.17, 15) is 25.3 Å². The number of sulfonamides is 2. The Hall–Kier alpha value is -3.09. The molecule has 0 fully saturated rings. The predicted octanol–water partition coefficient (Wildman–Crippen LogP) is 5.43. The van der Waals surface area contributed by atoms with Crippen LogP contribution in [0.2, 0.25) is 10.0 Å². The lowest BCUT2D eigenvalue weighted by molar-refractivity contribution is 0.595. The molecule has 0 unspecified atom stereocenters. The van der Waals surface area contributed by atoms with E-state index >= 15 is 0 Å². The second kappa shape index (κ2) is 10.3. The van der Waals surface area contributed by atoms with E-state index in [1.54, 1.807) is 18.2 Å². The molecule has 4 rings (SSSR count). The predicted molar refractivity (Wildman–Crippen MR) is 143 cm³/mol. The van der Waals surface area contributed by atoms with Gasteiger partial charge in [-0.05, 0) is 42.5 Å². The van der Waals surface area contributed by atoms with Crippen LogP contribution in [0.4, 0.5) is 11.4 Å². The van der Waals surface area contributed by atoms with Crippen molar-refractivity contribution in [1.29, 1.82) is 0 Å². The summed E-state index contributed by atoms with van der Waals surface area (Å²) in [5.41, 5.74) is -0.880. The highest BCUT2D eigenvalue weighted by Crippen LogP contribution is 2.44. The van der Waals surface area contributed by atoms with E-state index in [-0.39, 0.29) is 20.4 Å². The maximum atomic E-state index is 13.6. The molecule has 2 N–H and O–H groups in total. The standard InChI is InChI=1S/C24H18Cl2N2O6S3/c25-22-20(27-36(31,32)18-12-6-2-7-13-18)16-21(35(29,30)17-10-4-1-5-11-17)24(23(22)26)28-37(33,34)19-14-8-3-9-15-19/h1-16,27-28H. The fourth-order valence-electron chi connectivity index (χ4n) is 3.31. The van der Waals surface area contributed by atoms with Gasteiger partial charge in [-0.1, -0.05) is 77.8 Å². The highest BCUT2D eigenvalue weighted by Gasteiger charge is 2.30. The quantitative estimate of drug-likeness (QED) is 0.279. The lowest BCUT2D eigenvalue weighted by atomic mass is 10.3. The normalized spacial score (nSPS) is 12.2. The van der Waals surface area contributed by atoms with E-state index in [4.69, 9.17) is 23.2 Å². The molecule has 0 atom stereocenters. The average molecular weight is 598 g/mol. The molecule has 37 heavy (non-hydrogen) atoms. The molecular formula is C24H18Cl2N2O6S3. The molecule has 0 aromatic heterocycles. The first-order valence-electron chi connectivity index (χ1n) is 10.4. The van der Waals surface area contributed by atoms with E-state index in [1.165, 1.54) is 72.8 Å². The Labute approximate surface area is 224 Å². The Kier molecular flexibility index (Phi) is 7.54. The van der Waals surface area contributed by atoms with Crippen molar-refractivity contribution in [2.45, 2.75) is 19.6 Å². The Balaban J connectivity index is 1.93. The summed E-state index contributed by atoms with van der Waals surface area (Å²) < 4.78 is 83.6. The molecule has 4 aromatic rings. The molecule has 0 aliphatic heterocycles. The maximum absolute atomic E-state index is 13.6. The largest absolute Gasteiger partial charge is 0.278 e. The Morgan fingerprint density at radius 1 is 0.514 bits per heavy atom. The number of halogens is 2. The number of sulfone groups is 1. The zero-order chi connectivity index (χ0) is 26.8. The Morgan fingerprint density at radius 2 is 0.919 bits per heavy atom. The average Bonchev–Trinajstić information content (AvgIpc) is 2.89. The Morgan fingerprint density at radius 3 is 1.38 bits per heavy atom. The van der Waals surface area contributed by atoms with Crippen LogP contribution < -0.4 is 9.44 Å². The van der Waals surface area contributed by atoms with Gasteiger partial charge in [0.25, 0.3) is 20.0 Å². The molecule has 0 radical (unpaired) electrons. The van der Waals surface area contributed by atoms with Gasteiger partial charge >= 0.3 is 0 Å². The summed E-state index contributed by atoms with van der Waals surface area (Å²) in [5, 5.41) is -0.914. The van der Waals surface area contributed by atoms with Crippen LogP contribution in [0.1, 0.15) is 0 Å². The number of hydrogen-bond acceptors (Lipinski definition) is 6. The lowest BCUT2D eigenvalue weighted by Crippen LogP contribution is -2.18. The Bertz CT molecular complexity index is 1770. The van der Waals surface area contributed by atoms with Crippen LogP contribution >= 0.6 is 23.2 Å². The summed E-state index contributed by atoms with van der Waals surface area (Å²) in [6, 6.07) is 22.6. The van der Waals surface area contributed by atoms with Crippen LogP contribution in [0, 0.1) is 0 Å². The van der Waals surface area contributed by atoms with Crippen molar-refractivity contribution in [3.63, 3.8) is 0 Å². The van der Waals surface area contributed by atoms with E-state index < -0.39 is 50.5 Å². The minimum atomic E-state index is -4.41. The molecule has 0 heterocycles. The highest BCUT2D eigenvalue weighted by molar-refractivity contribution is 7.93. The van der Waals surface area contributed by atoms with Crippen molar-refractivity contribution < 1.29 is 25.3 Å². The third kappa shape index (κ3) is 5.60.